The Morgan fingerprint density at radius 1 is 0.952 bits per heavy atom. The number of thiazole rings is 1. The number of nitrogens with one attached hydrogen (secondary N) is 1. The number of hydrogen-bond acceptors (Lipinski definition) is 5. The van der Waals surface area contributed by atoms with Crippen molar-refractivity contribution in [2.45, 2.75) is 51.2 Å². The molecule has 0 radical (unpaired) electrons. The molecule has 2 aromatic carbocycles. The van der Waals surface area contributed by atoms with Gasteiger partial charge in [-0.05, 0) is 56.2 Å². The van der Waals surface area contributed by atoms with Crippen LogP contribution < -0.4 is 10.2 Å². The largest absolute Gasteiger partial charge is 0.416 e. The van der Waals surface area contributed by atoms with E-state index in [0.29, 0.717) is 29.5 Å². The predicted octanol–water partition coefficient (Wildman–Crippen LogP) is 8.15. The Kier molecular flexibility index (Phi) is 7.98. The van der Waals surface area contributed by atoms with Crippen LogP contribution in [0.2, 0.25) is 0 Å². The molecule has 220 valence electrons. The minimum Gasteiger partial charge on any atom is -0.368 e. The van der Waals surface area contributed by atoms with Crippen LogP contribution >= 0.6 is 11.3 Å². The molecule has 42 heavy (non-hydrogen) atoms. The van der Waals surface area contributed by atoms with Gasteiger partial charge in [-0.3, -0.25) is 4.79 Å². The molecule has 10 heteroatoms. The number of halogens is 3. The first-order valence-electron chi connectivity index (χ1n) is 14.5. The summed E-state index contributed by atoms with van der Waals surface area (Å²) in [4.78, 5) is 22.9. The van der Waals surface area contributed by atoms with Crippen LogP contribution in [0.15, 0.2) is 66.0 Å². The van der Waals surface area contributed by atoms with Gasteiger partial charge >= 0.3 is 6.18 Å². The molecule has 2 aliphatic rings. The minimum absolute atomic E-state index is 0.0357. The molecule has 0 unspecified atom stereocenters. The van der Waals surface area contributed by atoms with Gasteiger partial charge in [-0.25, -0.2) is 4.98 Å². The highest BCUT2D eigenvalue weighted by atomic mass is 32.1. The van der Waals surface area contributed by atoms with Crippen LogP contribution in [0.4, 0.5) is 29.7 Å². The number of carbonyl (C=O) groups excluding carboxylic acids is 1. The number of carbonyl (C=O) groups is 1. The van der Waals surface area contributed by atoms with Crippen molar-refractivity contribution in [3.63, 3.8) is 0 Å². The van der Waals surface area contributed by atoms with E-state index in [-0.39, 0.29) is 11.9 Å². The number of benzene rings is 2. The van der Waals surface area contributed by atoms with Gasteiger partial charge in [0.05, 0.1) is 22.5 Å². The molecule has 1 N–H and O–H groups in total. The van der Waals surface area contributed by atoms with Gasteiger partial charge < -0.3 is 19.7 Å². The van der Waals surface area contributed by atoms with E-state index in [1.807, 2.05) is 41.5 Å². The molecule has 6 rings (SSSR count). The molecule has 1 amide bonds. The summed E-state index contributed by atoms with van der Waals surface area (Å²) >= 11 is 1.34. The number of amides is 1. The number of nitrogens with zero attached hydrogens (tertiary/aromatic N) is 4. The Labute approximate surface area is 247 Å². The zero-order valence-electron chi connectivity index (χ0n) is 23.5. The van der Waals surface area contributed by atoms with E-state index >= 15 is 0 Å². The first-order chi connectivity index (χ1) is 20.3. The lowest BCUT2D eigenvalue weighted by atomic mass is 9.95. The Balaban J connectivity index is 1.26. The van der Waals surface area contributed by atoms with Crippen LogP contribution in [-0.2, 0) is 6.18 Å². The number of rotatable bonds is 6. The van der Waals surface area contributed by atoms with E-state index < -0.39 is 11.7 Å². The van der Waals surface area contributed by atoms with Crippen LogP contribution in [0.1, 0.15) is 59.8 Å². The average Bonchev–Trinajstić information content (AvgIpc) is 3.61. The van der Waals surface area contributed by atoms with Crippen molar-refractivity contribution < 1.29 is 18.0 Å². The lowest BCUT2D eigenvalue weighted by Gasteiger charge is -2.36. The Bertz CT molecular complexity index is 1530. The molecule has 2 fully saturated rings. The SMILES string of the molecule is Cc1c(C(=O)N2CCN(c3ccccc3)CC2)cc(-c2csc(Nc3cccc(C(F)(F)F)c3)n2)n1C1CCCCC1. The van der Waals surface area contributed by atoms with E-state index in [0.717, 1.165) is 68.0 Å². The van der Waals surface area contributed by atoms with Gasteiger partial charge in [-0.1, -0.05) is 43.5 Å². The predicted molar refractivity (Wildman–Crippen MR) is 162 cm³/mol. The smallest absolute Gasteiger partial charge is 0.368 e. The molecule has 1 saturated carbocycles. The molecule has 4 aromatic rings. The number of aromatic nitrogens is 2. The highest BCUT2D eigenvalue weighted by Gasteiger charge is 2.31. The normalized spacial score (nSPS) is 16.6. The summed E-state index contributed by atoms with van der Waals surface area (Å²) in [7, 11) is 0. The van der Waals surface area contributed by atoms with Gasteiger partial charge in [-0.2, -0.15) is 13.2 Å². The van der Waals surface area contributed by atoms with Crippen molar-refractivity contribution in [2.24, 2.45) is 0 Å². The van der Waals surface area contributed by atoms with Crippen molar-refractivity contribution in [3.8, 4) is 11.4 Å². The second-order valence-electron chi connectivity index (χ2n) is 11.0. The summed E-state index contributed by atoms with van der Waals surface area (Å²) in [6, 6.07) is 17.6. The maximum Gasteiger partial charge on any atom is 0.416 e. The second-order valence-corrected chi connectivity index (χ2v) is 11.9. The maximum atomic E-state index is 13.9. The minimum atomic E-state index is -4.42. The van der Waals surface area contributed by atoms with Gasteiger partial charge in [0, 0.05) is 54.7 Å². The maximum absolute atomic E-state index is 13.9. The van der Waals surface area contributed by atoms with Crippen LogP contribution in [0, 0.1) is 6.92 Å². The van der Waals surface area contributed by atoms with Crippen LogP contribution in [0.5, 0.6) is 0 Å². The second kappa shape index (κ2) is 11.8. The molecular weight excluding hydrogens is 559 g/mol. The van der Waals surface area contributed by atoms with Crippen molar-refractivity contribution in [3.05, 3.63) is 82.9 Å². The quantitative estimate of drug-likeness (QED) is 0.245. The summed E-state index contributed by atoms with van der Waals surface area (Å²) in [5.41, 5.74) is 4.05. The third-order valence-electron chi connectivity index (χ3n) is 8.36. The molecule has 0 bridgehead atoms. The molecule has 2 aromatic heterocycles. The first-order valence-corrected chi connectivity index (χ1v) is 15.4. The van der Waals surface area contributed by atoms with Gasteiger partial charge in [-0.15, -0.1) is 11.3 Å². The van der Waals surface area contributed by atoms with E-state index in [2.05, 4.69) is 26.9 Å². The third-order valence-corrected chi connectivity index (χ3v) is 9.12. The molecule has 1 saturated heterocycles. The summed E-state index contributed by atoms with van der Waals surface area (Å²) in [5.74, 6) is 0.0357. The summed E-state index contributed by atoms with van der Waals surface area (Å²) in [5, 5.41) is 5.45. The number of hydrogen-bond donors (Lipinski definition) is 1. The van der Waals surface area contributed by atoms with E-state index in [1.54, 1.807) is 6.07 Å². The van der Waals surface area contributed by atoms with Gasteiger partial charge in [0.25, 0.3) is 5.91 Å². The molecule has 1 aliphatic heterocycles. The molecule has 1 aliphatic carbocycles. The number of alkyl halides is 3. The van der Waals surface area contributed by atoms with Crippen LogP contribution in [0.25, 0.3) is 11.4 Å². The van der Waals surface area contributed by atoms with Crippen molar-refractivity contribution >= 4 is 33.8 Å². The van der Waals surface area contributed by atoms with Crippen LogP contribution in [-0.4, -0.2) is 46.5 Å². The third kappa shape index (κ3) is 5.90. The van der Waals surface area contributed by atoms with E-state index in [1.165, 1.54) is 29.5 Å². The lowest BCUT2D eigenvalue weighted by molar-refractivity contribution is -0.137. The zero-order valence-corrected chi connectivity index (χ0v) is 24.3. The standard InChI is InChI=1S/C32H34F3N5OS/c1-22-27(30(41)39-17-15-38(16-18-39)25-11-4-2-5-12-25)20-29(40(22)26-13-6-3-7-14-26)28-21-42-31(37-28)36-24-10-8-9-23(19-24)32(33,34)35/h2,4-5,8-12,19-21,26H,3,6-7,13-18H2,1H3,(H,36,37). The summed E-state index contributed by atoms with van der Waals surface area (Å²) in [6.45, 7) is 4.89. The van der Waals surface area contributed by atoms with Crippen molar-refractivity contribution in [1.29, 1.82) is 0 Å². The van der Waals surface area contributed by atoms with Crippen molar-refractivity contribution in [2.75, 3.05) is 36.4 Å². The van der Waals surface area contributed by atoms with Gasteiger partial charge in [0.1, 0.15) is 0 Å². The molecular formula is C32H34F3N5OS. The fourth-order valence-corrected chi connectivity index (χ4v) is 6.89. The van der Waals surface area contributed by atoms with Gasteiger partial charge in [0.15, 0.2) is 5.13 Å². The van der Waals surface area contributed by atoms with Crippen molar-refractivity contribution in [1.82, 2.24) is 14.5 Å². The summed E-state index contributed by atoms with van der Waals surface area (Å²) in [6.07, 6.45) is 1.18. The molecule has 6 nitrogen and oxygen atoms in total. The van der Waals surface area contributed by atoms with E-state index in [4.69, 9.17) is 4.98 Å². The highest BCUT2D eigenvalue weighted by Crippen LogP contribution is 2.38. The molecule has 0 atom stereocenters. The average molecular weight is 594 g/mol. The van der Waals surface area contributed by atoms with Gasteiger partial charge in [0.2, 0.25) is 0 Å². The molecule has 0 spiro atoms. The number of anilines is 3. The fourth-order valence-electron chi connectivity index (χ4n) is 6.17. The number of piperazine rings is 1. The van der Waals surface area contributed by atoms with Crippen LogP contribution in [0.3, 0.4) is 0 Å². The Morgan fingerprint density at radius 2 is 1.69 bits per heavy atom. The molecule has 3 heterocycles. The monoisotopic (exact) mass is 593 g/mol. The summed E-state index contributed by atoms with van der Waals surface area (Å²) < 4.78 is 41.9. The lowest BCUT2D eigenvalue weighted by Crippen LogP contribution is -2.48. The topological polar surface area (TPSA) is 53.4 Å². The highest BCUT2D eigenvalue weighted by molar-refractivity contribution is 7.14. The zero-order chi connectivity index (χ0) is 29.3. The number of para-hydroxylation sites is 1. The first kappa shape index (κ1) is 28.3. The Hall–Kier alpha value is -3.79. The fraction of sp³-hybridized carbons (Fsp3) is 0.375. The van der Waals surface area contributed by atoms with E-state index in [9.17, 15) is 18.0 Å². The Morgan fingerprint density at radius 3 is 2.40 bits per heavy atom.